The predicted octanol–water partition coefficient (Wildman–Crippen LogP) is 2.61. The molecule has 0 unspecified atom stereocenters. The van der Waals surface area contributed by atoms with Crippen LogP contribution in [0.5, 0.6) is 11.5 Å². The number of nitrogen functional groups attached to an aromatic ring is 1. The lowest BCUT2D eigenvalue weighted by atomic mass is 10.0. The summed E-state index contributed by atoms with van der Waals surface area (Å²) in [5.74, 6) is -0.778. The second kappa shape index (κ2) is 6.00. The molecule has 2 aromatic rings. The van der Waals surface area contributed by atoms with Gasteiger partial charge in [0.05, 0.1) is 12.7 Å². The summed E-state index contributed by atoms with van der Waals surface area (Å²) in [5.41, 5.74) is 7.36. The van der Waals surface area contributed by atoms with Crippen LogP contribution in [0, 0.1) is 0 Å². The van der Waals surface area contributed by atoms with Crippen LogP contribution in [0.2, 0.25) is 0 Å². The number of hydrogen-bond donors (Lipinski definition) is 3. The van der Waals surface area contributed by atoms with Gasteiger partial charge >= 0.3 is 5.97 Å². The maximum Gasteiger partial charge on any atom is 0.336 e. The maximum atomic E-state index is 11.4. The van der Waals surface area contributed by atoms with E-state index < -0.39 is 5.97 Å². The molecule has 2 rings (SSSR count). The van der Waals surface area contributed by atoms with Gasteiger partial charge in [0, 0.05) is 5.69 Å². The van der Waals surface area contributed by atoms with E-state index in [1.807, 2.05) is 0 Å². The molecule has 0 aliphatic carbocycles. The summed E-state index contributed by atoms with van der Waals surface area (Å²) in [6.07, 6.45) is 1.48. The first-order valence-electron chi connectivity index (χ1n) is 6.19. The molecule has 5 heteroatoms. The first-order chi connectivity index (χ1) is 10.0. The number of aliphatic carboxylic acids is 1. The van der Waals surface area contributed by atoms with E-state index in [0.29, 0.717) is 22.6 Å². The number of carbonyl (C=O) groups is 1. The van der Waals surface area contributed by atoms with Gasteiger partial charge in [-0.05, 0) is 41.5 Å². The number of nitrogens with two attached hydrogens (primary N) is 1. The van der Waals surface area contributed by atoms with Crippen LogP contribution in [-0.4, -0.2) is 23.3 Å². The fourth-order valence-corrected chi connectivity index (χ4v) is 1.89. The number of rotatable bonds is 4. The topological polar surface area (TPSA) is 92.8 Å². The van der Waals surface area contributed by atoms with Crippen LogP contribution in [0.1, 0.15) is 11.1 Å². The van der Waals surface area contributed by atoms with Crippen LogP contribution >= 0.6 is 0 Å². The highest BCUT2D eigenvalue weighted by Crippen LogP contribution is 2.28. The highest BCUT2D eigenvalue weighted by atomic mass is 16.5. The van der Waals surface area contributed by atoms with Gasteiger partial charge in [0.1, 0.15) is 0 Å². The molecule has 0 saturated carbocycles. The van der Waals surface area contributed by atoms with Gasteiger partial charge in [-0.15, -0.1) is 0 Å². The number of phenols is 1. The fourth-order valence-electron chi connectivity index (χ4n) is 1.89. The third-order valence-electron chi connectivity index (χ3n) is 2.97. The Hall–Kier alpha value is -2.95. The molecule has 0 fully saturated rings. The zero-order valence-corrected chi connectivity index (χ0v) is 11.4. The Labute approximate surface area is 121 Å². The number of anilines is 1. The van der Waals surface area contributed by atoms with E-state index in [1.54, 1.807) is 36.4 Å². The van der Waals surface area contributed by atoms with Gasteiger partial charge in [0.25, 0.3) is 0 Å². The molecular weight excluding hydrogens is 270 g/mol. The van der Waals surface area contributed by atoms with Gasteiger partial charge in [0.15, 0.2) is 11.5 Å². The Morgan fingerprint density at radius 2 is 1.86 bits per heavy atom. The van der Waals surface area contributed by atoms with Crippen molar-refractivity contribution in [3.8, 4) is 11.5 Å². The van der Waals surface area contributed by atoms with Gasteiger partial charge in [-0.2, -0.15) is 0 Å². The predicted molar refractivity (Wildman–Crippen MR) is 81.0 cm³/mol. The zero-order valence-electron chi connectivity index (χ0n) is 11.4. The highest BCUT2D eigenvalue weighted by molar-refractivity contribution is 6.20. The monoisotopic (exact) mass is 285 g/mol. The first-order valence-corrected chi connectivity index (χ1v) is 6.19. The lowest BCUT2D eigenvalue weighted by Crippen LogP contribution is -2.00. The minimum atomic E-state index is -1.06. The summed E-state index contributed by atoms with van der Waals surface area (Å²) in [4.78, 5) is 11.4. The van der Waals surface area contributed by atoms with Crippen LogP contribution in [0.4, 0.5) is 5.69 Å². The third-order valence-corrected chi connectivity index (χ3v) is 2.97. The Balaban J connectivity index is 2.45. The number of benzene rings is 2. The molecule has 21 heavy (non-hydrogen) atoms. The molecule has 5 nitrogen and oxygen atoms in total. The van der Waals surface area contributed by atoms with E-state index in [9.17, 15) is 15.0 Å². The van der Waals surface area contributed by atoms with Crippen LogP contribution < -0.4 is 10.5 Å². The summed E-state index contributed by atoms with van der Waals surface area (Å²) < 4.78 is 4.95. The molecule has 0 saturated heterocycles. The van der Waals surface area contributed by atoms with Crippen molar-refractivity contribution < 1.29 is 19.7 Å². The van der Waals surface area contributed by atoms with E-state index in [-0.39, 0.29) is 11.3 Å². The van der Waals surface area contributed by atoms with Crippen molar-refractivity contribution in [2.45, 2.75) is 0 Å². The molecule has 108 valence electrons. The zero-order chi connectivity index (χ0) is 15.4. The van der Waals surface area contributed by atoms with Gasteiger partial charge < -0.3 is 20.7 Å². The van der Waals surface area contributed by atoms with Crippen molar-refractivity contribution in [1.29, 1.82) is 0 Å². The molecule has 0 heterocycles. The van der Waals surface area contributed by atoms with E-state index in [1.165, 1.54) is 19.3 Å². The number of methoxy groups -OCH3 is 1. The van der Waals surface area contributed by atoms with Crippen molar-refractivity contribution in [3.63, 3.8) is 0 Å². The number of carboxylic acids is 1. The molecule has 4 N–H and O–H groups in total. The number of carboxylic acid groups (broad SMARTS) is 1. The van der Waals surface area contributed by atoms with Crippen LogP contribution in [0.25, 0.3) is 11.6 Å². The van der Waals surface area contributed by atoms with E-state index in [2.05, 4.69) is 0 Å². The molecule has 0 spiro atoms. The van der Waals surface area contributed by atoms with Gasteiger partial charge in [-0.25, -0.2) is 4.79 Å². The number of aromatic hydroxyl groups is 1. The summed E-state index contributed by atoms with van der Waals surface area (Å²) in [6, 6.07) is 11.2. The fraction of sp³-hybridized carbons (Fsp3) is 0.0625. The largest absolute Gasteiger partial charge is 0.504 e. The summed E-state index contributed by atoms with van der Waals surface area (Å²) in [6.45, 7) is 0. The molecular formula is C16H15NO4. The number of ether oxygens (including phenoxy) is 1. The average molecular weight is 285 g/mol. The minimum Gasteiger partial charge on any atom is -0.504 e. The summed E-state index contributed by atoms with van der Waals surface area (Å²) in [5, 5.41) is 19.1. The summed E-state index contributed by atoms with van der Waals surface area (Å²) in [7, 11) is 1.45. The normalized spacial score (nSPS) is 11.2. The van der Waals surface area contributed by atoms with Crippen molar-refractivity contribution >= 4 is 23.3 Å². The number of phenolic OH excluding ortho intramolecular Hbond substituents is 1. The lowest BCUT2D eigenvalue weighted by Gasteiger charge is -2.06. The lowest BCUT2D eigenvalue weighted by molar-refractivity contribution is -0.130. The van der Waals surface area contributed by atoms with Crippen LogP contribution in [-0.2, 0) is 4.79 Å². The molecule has 0 radical (unpaired) electrons. The molecule has 0 bridgehead atoms. The average Bonchev–Trinajstić information content (AvgIpc) is 2.46. The van der Waals surface area contributed by atoms with E-state index in [0.717, 1.165) is 0 Å². The highest BCUT2D eigenvalue weighted by Gasteiger charge is 2.11. The Morgan fingerprint density at radius 3 is 2.38 bits per heavy atom. The SMILES string of the molecule is COc1ccc(/C=C(\C(=O)O)c2ccc(N)cc2)cc1O. The van der Waals surface area contributed by atoms with Gasteiger partial charge in [0.2, 0.25) is 0 Å². The maximum absolute atomic E-state index is 11.4. The standard InChI is InChI=1S/C16H15NO4/c1-21-15-7-2-10(9-14(15)18)8-13(16(19)20)11-3-5-12(17)6-4-11/h2-9,18H,17H2,1H3,(H,19,20)/b13-8-. The van der Waals surface area contributed by atoms with Crippen molar-refractivity contribution in [2.75, 3.05) is 12.8 Å². The van der Waals surface area contributed by atoms with E-state index in [4.69, 9.17) is 10.5 Å². The first kappa shape index (κ1) is 14.5. The Kier molecular flexibility index (Phi) is 4.13. The van der Waals surface area contributed by atoms with Crippen LogP contribution in [0.3, 0.4) is 0 Å². The second-order valence-corrected chi connectivity index (χ2v) is 4.42. The molecule has 0 amide bonds. The van der Waals surface area contributed by atoms with Crippen molar-refractivity contribution in [1.82, 2.24) is 0 Å². The molecule has 0 atom stereocenters. The summed E-state index contributed by atoms with van der Waals surface area (Å²) >= 11 is 0. The second-order valence-electron chi connectivity index (χ2n) is 4.42. The molecule has 0 aliphatic heterocycles. The molecule has 0 aromatic heterocycles. The van der Waals surface area contributed by atoms with Crippen molar-refractivity contribution in [2.24, 2.45) is 0 Å². The number of hydrogen-bond acceptors (Lipinski definition) is 4. The minimum absolute atomic E-state index is 0.0479. The molecule has 0 aliphatic rings. The van der Waals surface area contributed by atoms with Gasteiger partial charge in [-0.3, -0.25) is 0 Å². The van der Waals surface area contributed by atoms with E-state index >= 15 is 0 Å². The Morgan fingerprint density at radius 1 is 1.19 bits per heavy atom. The van der Waals surface area contributed by atoms with Crippen LogP contribution in [0.15, 0.2) is 42.5 Å². The Bertz CT molecular complexity index is 690. The third kappa shape index (κ3) is 3.33. The van der Waals surface area contributed by atoms with Crippen molar-refractivity contribution in [3.05, 3.63) is 53.6 Å². The van der Waals surface area contributed by atoms with Gasteiger partial charge in [-0.1, -0.05) is 18.2 Å². The smallest absolute Gasteiger partial charge is 0.336 e. The quantitative estimate of drug-likeness (QED) is 0.456. The molecule has 2 aromatic carbocycles.